The Hall–Kier alpha value is 3.50. The van der Waals surface area contributed by atoms with Crippen molar-refractivity contribution in [3.8, 4) is 0 Å². The van der Waals surface area contributed by atoms with Crippen molar-refractivity contribution in [2.75, 3.05) is 34.2 Å². The number of hydrogen-bond acceptors (Lipinski definition) is 10. The second kappa shape index (κ2) is 13.6. The van der Waals surface area contributed by atoms with Crippen molar-refractivity contribution in [1.29, 1.82) is 0 Å². The zero-order valence-electron chi connectivity index (χ0n) is 12.5. The third-order valence-corrected chi connectivity index (χ3v) is 15.0. The maximum Gasteiger partial charge on any atom is 0.0729 e. The fourth-order valence-electron chi connectivity index (χ4n) is 2.07. The molecule has 0 amide bonds. The minimum absolute atomic E-state index is 0.319. The van der Waals surface area contributed by atoms with Crippen LogP contribution >= 0.6 is 121 Å². The van der Waals surface area contributed by atoms with Crippen molar-refractivity contribution in [1.82, 2.24) is 0 Å². The van der Waals surface area contributed by atoms with Gasteiger partial charge in [-0.2, -0.15) is 74.0 Å². The molecule has 132 valence electrons. The molecule has 0 spiro atoms. The highest BCUT2D eigenvalue weighted by atomic mass is 32.3. The van der Waals surface area contributed by atoms with Crippen LogP contribution in [0.15, 0.2) is 0 Å². The SMILES string of the molecule is CSC(C(S)CS)C(SC)C(S)CSC1SCSC1SCS. The van der Waals surface area contributed by atoms with E-state index in [-0.39, 0.29) is 0 Å². The van der Waals surface area contributed by atoms with Crippen LogP contribution in [0, 0.1) is 0 Å². The number of thioether (sulfide) groups is 6. The molecule has 0 aromatic carbocycles. The molecule has 0 aliphatic carbocycles. The molecule has 0 nitrogen and oxygen atoms in total. The summed E-state index contributed by atoms with van der Waals surface area (Å²) in [6, 6.07) is 0. The van der Waals surface area contributed by atoms with E-state index < -0.39 is 0 Å². The molecule has 0 N–H and O–H groups in total. The Morgan fingerprint density at radius 2 is 1.50 bits per heavy atom. The molecule has 0 aromatic rings. The summed E-state index contributed by atoms with van der Waals surface area (Å²) in [6.45, 7) is 0. The molecule has 1 fully saturated rings. The number of thiol groups is 4. The monoisotopic (exact) mass is 488 g/mol. The van der Waals surface area contributed by atoms with Crippen LogP contribution in [0.3, 0.4) is 0 Å². The van der Waals surface area contributed by atoms with Gasteiger partial charge in [0.25, 0.3) is 0 Å². The Kier molecular flexibility index (Phi) is 14.6. The lowest BCUT2D eigenvalue weighted by atomic mass is 10.2. The molecule has 0 radical (unpaired) electrons. The van der Waals surface area contributed by atoms with Crippen molar-refractivity contribution in [3.05, 3.63) is 0 Å². The van der Waals surface area contributed by atoms with Crippen LogP contribution < -0.4 is 0 Å². The smallest absolute Gasteiger partial charge is 0.0729 e. The molecule has 10 heteroatoms. The molecule has 6 atom stereocenters. The zero-order chi connectivity index (χ0) is 16.5. The fraction of sp³-hybridized carbons (Fsp3) is 1.00. The predicted octanol–water partition coefficient (Wildman–Crippen LogP) is 5.42. The van der Waals surface area contributed by atoms with E-state index in [1.54, 1.807) is 0 Å². The quantitative estimate of drug-likeness (QED) is 0.225. The highest BCUT2D eigenvalue weighted by Crippen LogP contribution is 2.48. The van der Waals surface area contributed by atoms with Crippen molar-refractivity contribution in [3.63, 3.8) is 0 Å². The summed E-state index contributed by atoms with van der Waals surface area (Å²) in [5.41, 5.74) is 0. The molecule has 1 aliphatic rings. The lowest BCUT2D eigenvalue weighted by Gasteiger charge is -2.32. The van der Waals surface area contributed by atoms with Gasteiger partial charge in [0.05, 0.1) is 9.16 Å². The zero-order valence-corrected chi connectivity index (χ0v) is 21.0. The summed E-state index contributed by atoms with van der Waals surface area (Å²) < 4.78 is 1.34. The van der Waals surface area contributed by atoms with E-state index in [9.17, 15) is 0 Å². The molecule has 1 heterocycles. The Morgan fingerprint density at radius 3 is 2.00 bits per heavy atom. The van der Waals surface area contributed by atoms with E-state index in [1.807, 2.05) is 35.3 Å². The minimum atomic E-state index is 0.319. The average Bonchev–Trinajstić information content (AvgIpc) is 2.97. The average molecular weight is 489 g/mol. The van der Waals surface area contributed by atoms with Gasteiger partial charge in [-0.15, -0.1) is 47.0 Å². The topological polar surface area (TPSA) is 0 Å². The van der Waals surface area contributed by atoms with Gasteiger partial charge in [0.15, 0.2) is 0 Å². The second-order valence-corrected chi connectivity index (χ2v) is 14.5. The van der Waals surface area contributed by atoms with E-state index >= 15 is 0 Å². The minimum Gasteiger partial charge on any atom is -0.178 e. The highest BCUT2D eigenvalue weighted by Gasteiger charge is 2.33. The summed E-state index contributed by atoms with van der Waals surface area (Å²) in [6.07, 6.45) is 4.37. The standard InChI is InChI=1S/C12H24S10/c1-17-9(7(15)3-13)10(18-2)8(16)4-19-11-12(20-5-14)22-6-21-11/h7-16H,3-6H2,1-2H3. The maximum absolute atomic E-state index is 4.93. The molecule has 0 bridgehead atoms. The number of hydrogen-bond donors (Lipinski definition) is 4. The molecular weight excluding hydrogens is 465 g/mol. The first-order valence-electron chi connectivity index (χ1n) is 6.68. The van der Waals surface area contributed by atoms with E-state index in [4.69, 9.17) is 25.3 Å². The third kappa shape index (κ3) is 7.62. The first-order valence-corrected chi connectivity index (χ1v) is 15.8. The first-order chi connectivity index (χ1) is 10.6. The van der Waals surface area contributed by atoms with Crippen LogP contribution in [0.4, 0.5) is 0 Å². The van der Waals surface area contributed by atoms with Gasteiger partial charge in [-0.25, -0.2) is 0 Å². The lowest BCUT2D eigenvalue weighted by molar-refractivity contribution is 0.778. The van der Waals surface area contributed by atoms with Gasteiger partial charge in [0, 0.05) is 42.7 Å². The summed E-state index contributed by atoms with van der Waals surface area (Å²) in [7, 11) is 0. The van der Waals surface area contributed by atoms with Gasteiger partial charge in [-0.1, -0.05) is 0 Å². The third-order valence-electron chi connectivity index (χ3n) is 3.17. The van der Waals surface area contributed by atoms with Gasteiger partial charge in [0.1, 0.15) is 0 Å². The van der Waals surface area contributed by atoms with Gasteiger partial charge in [-0.3, -0.25) is 0 Å². The van der Waals surface area contributed by atoms with Crippen molar-refractivity contribution in [2.45, 2.75) is 30.2 Å². The maximum atomic E-state index is 4.93. The van der Waals surface area contributed by atoms with Crippen LogP contribution in [-0.2, 0) is 0 Å². The Bertz CT molecular complexity index is 291. The fourth-order valence-corrected chi connectivity index (χ4v) is 14.2. The van der Waals surface area contributed by atoms with Crippen LogP contribution in [0.2, 0.25) is 0 Å². The molecule has 6 unspecified atom stereocenters. The van der Waals surface area contributed by atoms with E-state index in [2.05, 4.69) is 73.1 Å². The largest absolute Gasteiger partial charge is 0.178 e. The second-order valence-electron chi connectivity index (χ2n) is 4.53. The number of rotatable bonds is 11. The highest BCUT2D eigenvalue weighted by molar-refractivity contribution is 8.33. The molecule has 0 aromatic heterocycles. The van der Waals surface area contributed by atoms with Crippen molar-refractivity contribution in [2.24, 2.45) is 0 Å². The molecule has 1 aliphatic heterocycles. The van der Waals surface area contributed by atoms with E-state index in [1.165, 1.54) is 5.08 Å². The van der Waals surface area contributed by atoms with Crippen LogP contribution in [0.25, 0.3) is 0 Å². The Morgan fingerprint density at radius 1 is 0.955 bits per heavy atom. The van der Waals surface area contributed by atoms with Gasteiger partial charge < -0.3 is 0 Å². The first kappa shape index (κ1) is 23.5. The summed E-state index contributed by atoms with van der Waals surface area (Å²) in [5, 5.41) is 3.82. The Labute approximate surface area is 183 Å². The molecule has 1 rings (SSSR count). The molecule has 22 heavy (non-hydrogen) atoms. The van der Waals surface area contributed by atoms with Crippen molar-refractivity contribution >= 4 is 121 Å². The summed E-state index contributed by atoms with van der Waals surface area (Å²) >= 11 is 30.4. The van der Waals surface area contributed by atoms with Crippen LogP contribution in [0.5, 0.6) is 0 Å². The van der Waals surface area contributed by atoms with Gasteiger partial charge in [-0.05, 0) is 12.5 Å². The summed E-state index contributed by atoms with van der Waals surface area (Å²) in [5.74, 6) is 1.91. The van der Waals surface area contributed by atoms with Crippen LogP contribution in [0.1, 0.15) is 0 Å². The van der Waals surface area contributed by atoms with E-state index in [0.717, 1.165) is 16.6 Å². The van der Waals surface area contributed by atoms with Crippen LogP contribution in [-0.4, -0.2) is 64.4 Å². The summed E-state index contributed by atoms with van der Waals surface area (Å²) in [4.78, 5) is 0. The van der Waals surface area contributed by atoms with Gasteiger partial charge in [0.2, 0.25) is 0 Å². The molecule has 1 saturated heterocycles. The molecular formula is C12H24S10. The predicted molar refractivity (Wildman–Crippen MR) is 136 cm³/mol. The van der Waals surface area contributed by atoms with Gasteiger partial charge >= 0.3 is 0 Å². The van der Waals surface area contributed by atoms with Crippen molar-refractivity contribution < 1.29 is 0 Å². The van der Waals surface area contributed by atoms with E-state index in [0.29, 0.717) is 30.2 Å². The normalized spacial score (nSPS) is 27.5. The molecule has 0 saturated carbocycles. The Balaban J connectivity index is 2.52. The lowest BCUT2D eigenvalue weighted by Crippen LogP contribution is -2.38.